The molecular weight excluding hydrogens is 228 g/mol. The van der Waals surface area contributed by atoms with E-state index in [1.165, 1.54) is 0 Å². The number of nitrogen functional groups attached to an aromatic ring is 1. The van der Waals surface area contributed by atoms with Crippen LogP contribution in [0.15, 0.2) is 30.3 Å². The van der Waals surface area contributed by atoms with E-state index in [0.29, 0.717) is 5.82 Å². The Hall–Kier alpha value is -2.43. The number of fused-ring (bicyclic) bond motifs is 1. The van der Waals surface area contributed by atoms with Crippen LogP contribution in [0.4, 0.5) is 5.82 Å². The summed E-state index contributed by atoms with van der Waals surface area (Å²) in [6, 6.07) is 9.79. The van der Waals surface area contributed by atoms with Gasteiger partial charge in [0.1, 0.15) is 17.3 Å². The van der Waals surface area contributed by atoms with Crippen LogP contribution in [0.3, 0.4) is 0 Å². The summed E-state index contributed by atoms with van der Waals surface area (Å²) in [5, 5.41) is 5.44. The van der Waals surface area contributed by atoms with Crippen LogP contribution in [0.2, 0.25) is 0 Å². The minimum absolute atomic E-state index is 0.640. The van der Waals surface area contributed by atoms with Gasteiger partial charge in [-0.2, -0.15) is 5.10 Å². The predicted octanol–water partition coefficient (Wildman–Crippen LogP) is 2.16. The summed E-state index contributed by atoms with van der Waals surface area (Å²) in [6.45, 7) is 0. The summed E-state index contributed by atoms with van der Waals surface area (Å²) in [6.07, 6.45) is 0. The number of ether oxygens (including phenoxy) is 1. The van der Waals surface area contributed by atoms with Crippen LogP contribution in [0.1, 0.15) is 0 Å². The molecule has 0 amide bonds. The quantitative estimate of drug-likeness (QED) is 0.723. The van der Waals surface area contributed by atoms with Crippen LogP contribution < -0.4 is 10.5 Å². The first-order chi connectivity index (χ1) is 8.67. The Balaban J connectivity index is 2.12. The second-order valence-corrected chi connectivity index (χ2v) is 4.21. The first-order valence-electron chi connectivity index (χ1n) is 5.64. The van der Waals surface area contributed by atoms with Crippen LogP contribution in [0.5, 0.6) is 5.75 Å². The summed E-state index contributed by atoms with van der Waals surface area (Å²) >= 11 is 0. The summed E-state index contributed by atoms with van der Waals surface area (Å²) in [5.74, 6) is 1.48. The van der Waals surface area contributed by atoms with Gasteiger partial charge in [0.15, 0.2) is 0 Å². The summed E-state index contributed by atoms with van der Waals surface area (Å²) in [4.78, 5) is 3.32. The van der Waals surface area contributed by atoms with Gasteiger partial charge in [-0.15, -0.1) is 0 Å². The lowest BCUT2D eigenvalue weighted by Gasteiger charge is -1.97. The first-order valence-corrected chi connectivity index (χ1v) is 5.64. The van der Waals surface area contributed by atoms with E-state index in [2.05, 4.69) is 10.1 Å². The van der Waals surface area contributed by atoms with Gasteiger partial charge in [0.05, 0.1) is 12.8 Å². The maximum atomic E-state index is 5.78. The summed E-state index contributed by atoms with van der Waals surface area (Å²) < 4.78 is 6.86. The highest BCUT2D eigenvalue weighted by Gasteiger charge is 2.08. The van der Waals surface area contributed by atoms with E-state index in [4.69, 9.17) is 10.5 Å². The molecule has 92 valence electrons. The van der Waals surface area contributed by atoms with E-state index in [9.17, 15) is 0 Å². The fraction of sp³-hybridized carbons (Fsp3) is 0.154. The van der Waals surface area contributed by atoms with E-state index < -0.39 is 0 Å². The highest BCUT2D eigenvalue weighted by Crippen LogP contribution is 2.26. The number of benzene rings is 1. The number of hydrogen-bond donors (Lipinski definition) is 2. The minimum Gasteiger partial charge on any atom is -0.497 e. The fourth-order valence-electron chi connectivity index (χ4n) is 1.99. The van der Waals surface area contributed by atoms with E-state index in [-0.39, 0.29) is 0 Å². The average molecular weight is 242 g/mol. The maximum Gasteiger partial charge on any atom is 0.122 e. The van der Waals surface area contributed by atoms with Gasteiger partial charge in [0.2, 0.25) is 0 Å². The lowest BCUT2D eigenvalue weighted by atomic mass is 10.2. The molecule has 5 nitrogen and oxygen atoms in total. The SMILES string of the molecule is COc1ccc2[nH]c(-c3cc(N)n(C)n3)cc2c1. The van der Waals surface area contributed by atoms with E-state index >= 15 is 0 Å². The van der Waals surface area contributed by atoms with Crippen molar-refractivity contribution >= 4 is 16.7 Å². The maximum absolute atomic E-state index is 5.78. The largest absolute Gasteiger partial charge is 0.497 e. The number of nitrogens with two attached hydrogens (primary N) is 1. The summed E-state index contributed by atoms with van der Waals surface area (Å²) in [7, 11) is 3.48. The molecule has 0 fully saturated rings. The lowest BCUT2D eigenvalue weighted by Crippen LogP contribution is -1.96. The second-order valence-electron chi connectivity index (χ2n) is 4.21. The Morgan fingerprint density at radius 2 is 2.11 bits per heavy atom. The van der Waals surface area contributed by atoms with Gasteiger partial charge in [0, 0.05) is 24.0 Å². The zero-order valence-electron chi connectivity index (χ0n) is 10.3. The van der Waals surface area contributed by atoms with Crippen molar-refractivity contribution in [3.05, 3.63) is 30.3 Å². The molecule has 5 heteroatoms. The normalized spacial score (nSPS) is 11.0. The highest BCUT2D eigenvalue weighted by atomic mass is 16.5. The van der Waals surface area contributed by atoms with Crippen molar-refractivity contribution in [2.45, 2.75) is 0 Å². The molecule has 3 rings (SSSR count). The standard InChI is InChI=1S/C13H14N4O/c1-17-13(14)7-12(16-17)11-6-8-5-9(18-2)3-4-10(8)15-11/h3-7,15H,14H2,1-2H3. The number of aromatic nitrogens is 3. The van der Waals surface area contributed by atoms with E-state index in [1.807, 2.05) is 37.4 Å². The van der Waals surface area contributed by atoms with Gasteiger partial charge in [0.25, 0.3) is 0 Å². The van der Waals surface area contributed by atoms with Crippen molar-refractivity contribution in [3.8, 4) is 17.1 Å². The molecule has 0 aliphatic carbocycles. The van der Waals surface area contributed by atoms with Gasteiger partial charge in [-0.25, -0.2) is 0 Å². The van der Waals surface area contributed by atoms with Crippen molar-refractivity contribution < 1.29 is 4.74 Å². The van der Waals surface area contributed by atoms with E-state index in [0.717, 1.165) is 28.0 Å². The van der Waals surface area contributed by atoms with Gasteiger partial charge in [-0.05, 0) is 24.3 Å². The molecule has 0 atom stereocenters. The molecule has 2 aromatic heterocycles. The number of nitrogens with zero attached hydrogens (tertiary/aromatic N) is 2. The Bertz CT molecular complexity index is 691. The molecule has 0 bridgehead atoms. The number of H-pyrrole nitrogens is 1. The number of nitrogens with one attached hydrogen (secondary N) is 1. The number of aryl methyl sites for hydroxylation is 1. The number of methoxy groups -OCH3 is 1. The van der Waals surface area contributed by atoms with Crippen molar-refractivity contribution in [1.82, 2.24) is 14.8 Å². The van der Waals surface area contributed by atoms with Crippen molar-refractivity contribution in [2.75, 3.05) is 12.8 Å². The van der Waals surface area contributed by atoms with Gasteiger partial charge in [-0.1, -0.05) is 0 Å². The zero-order chi connectivity index (χ0) is 12.7. The smallest absolute Gasteiger partial charge is 0.122 e. The fourth-order valence-corrected chi connectivity index (χ4v) is 1.99. The molecular formula is C13H14N4O. The minimum atomic E-state index is 0.640. The van der Waals surface area contributed by atoms with Crippen molar-refractivity contribution in [2.24, 2.45) is 7.05 Å². The molecule has 3 N–H and O–H groups in total. The monoisotopic (exact) mass is 242 g/mol. The Morgan fingerprint density at radius 1 is 1.28 bits per heavy atom. The number of anilines is 1. The second kappa shape index (κ2) is 3.80. The molecule has 0 saturated carbocycles. The molecule has 0 aliphatic heterocycles. The molecule has 0 aliphatic rings. The van der Waals surface area contributed by atoms with Gasteiger partial charge in [-0.3, -0.25) is 4.68 Å². The van der Waals surface area contributed by atoms with Crippen LogP contribution in [-0.4, -0.2) is 21.9 Å². The molecule has 1 aromatic carbocycles. The topological polar surface area (TPSA) is 68.9 Å². The van der Waals surface area contributed by atoms with Gasteiger partial charge < -0.3 is 15.5 Å². The third-order valence-electron chi connectivity index (χ3n) is 3.02. The molecule has 2 heterocycles. The number of hydrogen-bond acceptors (Lipinski definition) is 3. The molecule has 0 saturated heterocycles. The van der Waals surface area contributed by atoms with Crippen molar-refractivity contribution in [1.29, 1.82) is 0 Å². The molecule has 0 spiro atoms. The zero-order valence-corrected chi connectivity index (χ0v) is 10.3. The average Bonchev–Trinajstić information content (AvgIpc) is 2.92. The molecule has 0 unspecified atom stereocenters. The highest BCUT2D eigenvalue weighted by molar-refractivity contribution is 5.86. The van der Waals surface area contributed by atoms with Crippen LogP contribution >= 0.6 is 0 Å². The Kier molecular flexibility index (Phi) is 2.26. The predicted molar refractivity (Wildman–Crippen MR) is 71.5 cm³/mol. The molecule has 18 heavy (non-hydrogen) atoms. The number of rotatable bonds is 2. The van der Waals surface area contributed by atoms with E-state index in [1.54, 1.807) is 11.8 Å². The molecule has 0 radical (unpaired) electrons. The number of aromatic amines is 1. The summed E-state index contributed by atoms with van der Waals surface area (Å²) in [5.41, 5.74) is 8.62. The lowest BCUT2D eigenvalue weighted by molar-refractivity contribution is 0.415. The third-order valence-corrected chi connectivity index (χ3v) is 3.02. The molecule has 3 aromatic rings. The van der Waals surface area contributed by atoms with Crippen LogP contribution in [0, 0.1) is 0 Å². The van der Waals surface area contributed by atoms with Crippen molar-refractivity contribution in [3.63, 3.8) is 0 Å². The Morgan fingerprint density at radius 3 is 2.78 bits per heavy atom. The first kappa shape index (κ1) is 10.7. The van der Waals surface area contributed by atoms with Gasteiger partial charge >= 0.3 is 0 Å². The third kappa shape index (κ3) is 1.60. The van der Waals surface area contributed by atoms with Crippen LogP contribution in [0.25, 0.3) is 22.3 Å². The Labute approximate surface area is 104 Å². The van der Waals surface area contributed by atoms with Crippen LogP contribution in [-0.2, 0) is 7.05 Å².